The summed E-state index contributed by atoms with van der Waals surface area (Å²) in [4.78, 5) is 14.8. The number of hydrogen-bond acceptors (Lipinski definition) is 3. The number of allylic oxidation sites excluding steroid dienone is 2. The van der Waals surface area contributed by atoms with Crippen LogP contribution in [0.1, 0.15) is 64.5 Å². The summed E-state index contributed by atoms with van der Waals surface area (Å²) in [6.07, 6.45) is 3.09. The van der Waals surface area contributed by atoms with Crippen LogP contribution in [0.5, 0.6) is 0 Å². The summed E-state index contributed by atoms with van der Waals surface area (Å²) < 4.78 is 0. The van der Waals surface area contributed by atoms with E-state index in [0.717, 1.165) is 11.3 Å². The van der Waals surface area contributed by atoms with Gasteiger partial charge in [-0.1, -0.05) is 64.1 Å². The van der Waals surface area contributed by atoms with E-state index in [4.69, 9.17) is 10.1 Å². The molecule has 1 N–H and O–H groups in total. The predicted molar refractivity (Wildman–Crippen MR) is 139 cm³/mol. The van der Waals surface area contributed by atoms with Crippen LogP contribution in [0.15, 0.2) is 72.6 Å². The minimum Gasteiger partial charge on any atom is -0.512 e. The van der Waals surface area contributed by atoms with Gasteiger partial charge >= 0.3 is 0 Å². The van der Waals surface area contributed by atoms with E-state index in [9.17, 15) is 4.79 Å². The second-order valence-electron chi connectivity index (χ2n) is 9.03. The SMILES string of the molecule is CC(=O)/C=C(/C)O.CC(C)c1[c-]c(-c2nccc3c2ccc2ccccc23)cc(C(C)C)c1.[Ir]. The van der Waals surface area contributed by atoms with E-state index in [-0.39, 0.29) is 31.6 Å². The molecule has 0 aliphatic rings. The number of aliphatic hydroxyl groups excluding tert-OH is 1. The summed E-state index contributed by atoms with van der Waals surface area (Å²) in [5, 5.41) is 13.3. The summed E-state index contributed by atoms with van der Waals surface area (Å²) in [6, 6.07) is 23.2. The molecule has 1 heterocycles. The Labute approximate surface area is 216 Å². The maximum atomic E-state index is 10.0. The van der Waals surface area contributed by atoms with Gasteiger partial charge in [0.1, 0.15) is 0 Å². The largest absolute Gasteiger partial charge is 0.512 e. The minimum absolute atomic E-state index is 0. The third-order valence-electron chi connectivity index (χ3n) is 5.54. The van der Waals surface area contributed by atoms with Crippen LogP contribution in [0.3, 0.4) is 0 Å². The van der Waals surface area contributed by atoms with Crippen molar-refractivity contribution in [3.05, 3.63) is 89.8 Å². The Morgan fingerprint density at radius 2 is 1.62 bits per heavy atom. The van der Waals surface area contributed by atoms with Gasteiger partial charge in [0.25, 0.3) is 0 Å². The van der Waals surface area contributed by atoms with Gasteiger partial charge in [0.15, 0.2) is 5.78 Å². The van der Waals surface area contributed by atoms with E-state index in [0.29, 0.717) is 11.8 Å². The Morgan fingerprint density at radius 3 is 2.21 bits per heavy atom. The van der Waals surface area contributed by atoms with Gasteiger partial charge in [-0.05, 0) is 59.0 Å². The van der Waals surface area contributed by atoms with Crippen molar-refractivity contribution in [2.75, 3.05) is 0 Å². The third-order valence-corrected chi connectivity index (χ3v) is 5.54. The first-order chi connectivity index (χ1) is 15.7. The molecule has 0 atom stereocenters. The molecule has 3 aromatic carbocycles. The molecule has 4 rings (SSSR count). The van der Waals surface area contributed by atoms with Crippen LogP contribution >= 0.6 is 0 Å². The average molecular weight is 631 g/mol. The Kier molecular flexibility index (Phi) is 9.73. The van der Waals surface area contributed by atoms with Crippen molar-refractivity contribution in [3.63, 3.8) is 0 Å². The van der Waals surface area contributed by atoms with Crippen LogP contribution in [-0.2, 0) is 24.9 Å². The summed E-state index contributed by atoms with van der Waals surface area (Å²) in [7, 11) is 0. The molecule has 4 aromatic rings. The first-order valence-corrected chi connectivity index (χ1v) is 11.4. The quantitative estimate of drug-likeness (QED) is 0.107. The van der Waals surface area contributed by atoms with E-state index in [1.54, 1.807) is 0 Å². The van der Waals surface area contributed by atoms with Crippen LogP contribution in [0.25, 0.3) is 32.8 Å². The van der Waals surface area contributed by atoms with Crippen LogP contribution in [0.4, 0.5) is 0 Å². The zero-order valence-electron chi connectivity index (χ0n) is 20.6. The number of aliphatic hydroxyl groups is 1. The molecular formula is C30H32IrNO2-. The standard InChI is InChI=1S/C25H24N.C5H8O2.Ir/c1-16(2)19-13-20(17(3)4)15-21(14-19)25-24-10-9-18-7-5-6-8-22(18)23(24)11-12-26-25;1-4(6)3-5(2)7;/h5-14,16-17H,1-4H3;3,6H,1-2H3;/q-1;;/b;4-3-;. The van der Waals surface area contributed by atoms with Crippen molar-refractivity contribution in [2.24, 2.45) is 0 Å². The van der Waals surface area contributed by atoms with Gasteiger partial charge in [0.05, 0.1) is 5.76 Å². The molecule has 0 saturated carbocycles. The number of aromatic nitrogens is 1. The fraction of sp³-hybridized carbons (Fsp3) is 0.267. The molecule has 0 aliphatic heterocycles. The normalized spacial score (nSPS) is 11.4. The van der Waals surface area contributed by atoms with Crippen LogP contribution in [0.2, 0.25) is 0 Å². The van der Waals surface area contributed by atoms with Crippen molar-refractivity contribution in [1.29, 1.82) is 0 Å². The summed E-state index contributed by atoms with van der Waals surface area (Å²) in [5.41, 5.74) is 4.73. The van der Waals surface area contributed by atoms with Crippen molar-refractivity contribution in [1.82, 2.24) is 4.98 Å². The maximum absolute atomic E-state index is 10.0. The van der Waals surface area contributed by atoms with E-state index in [2.05, 4.69) is 88.4 Å². The molecule has 0 unspecified atom stereocenters. The monoisotopic (exact) mass is 631 g/mol. The number of fused-ring (bicyclic) bond motifs is 3. The first-order valence-electron chi connectivity index (χ1n) is 11.4. The topological polar surface area (TPSA) is 50.2 Å². The number of hydrogen-bond donors (Lipinski definition) is 1. The first kappa shape index (κ1) is 27.4. The summed E-state index contributed by atoms with van der Waals surface area (Å²) >= 11 is 0. The molecule has 0 fully saturated rings. The average Bonchev–Trinajstić information content (AvgIpc) is 2.77. The number of carbonyl (C=O) groups is 1. The number of carbonyl (C=O) groups excluding carboxylic acids is 1. The van der Waals surface area contributed by atoms with E-state index in [1.807, 2.05) is 6.20 Å². The fourth-order valence-corrected chi connectivity index (χ4v) is 3.83. The fourth-order valence-electron chi connectivity index (χ4n) is 3.83. The molecule has 0 amide bonds. The molecule has 0 bridgehead atoms. The molecule has 34 heavy (non-hydrogen) atoms. The van der Waals surface area contributed by atoms with Crippen LogP contribution in [-0.4, -0.2) is 15.9 Å². The summed E-state index contributed by atoms with van der Waals surface area (Å²) in [6.45, 7) is 11.8. The molecule has 3 nitrogen and oxygen atoms in total. The predicted octanol–water partition coefficient (Wildman–Crippen LogP) is 8.14. The Bertz CT molecular complexity index is 1290. The number of benzene rings is 3. The zero-order valence-corrected chi connectivity index (χ0v) is 23.0. The van der Waals surface area contributed by atoms with Gasteiger partial charge in [0, 0.05) is 32.4 Å². The smallest absolute Gasteiger partial charge is 0.155 e. The second kappa shape index (κ2) is 12.1. The molecule has 0 saturated heterocycles. The van der Waals surface area contributed by atoms with Crippen molar-refractivity contribution in [3.8, 4) is 11.3 Å². The third kappa shape index (κ3) is 6.62. The van der Waals surface area contributed by atoms with Crippen LogP contribution in [0, 0.1) is 6.07 Å². The van der Waals surface area contributed by atoms with E-state index >= 15 is 0 Å². The van der Waals surface area contributed by atoms with Crippen molar-refractivity contribution in [2.45, 2.75) is 53.4 Å². The van der Waals surface area contributed by atoms with Gasteiger partial charge in [-0.25, -0.2) is 0 Å². The molecule has 179 valence electrons. The molecule has 0 aliphatic carbocycles. The maximum Gasteiger partial charge on any atom is 0.155 e. The van der Waals surface area contributed by atoms with Gasteiger partial charge in [-0.2, -0.15) is 0 Å². The minimum atomic E-state index is -0.125. The summed E-state index contributed by atoms with van der Waals surface area (Å²) in [5.74, 6) is 0.868. The number of pyridine rings is 1. The number of rotatable bonds is 4. The Balaban J connectivity index is 0.000000449. The van der Waals surface area contributed by atoms with Crippen molar-refractivity contribution >= 4 is 27.3 Å². The van der Waals surface area contributed by atoms with Gasteiger partial charge in [-0.3, -0.25) is 4.79 Å². The number of ketones is 1. The van der Waals surface area contributed by atoms with Gasteiger partial charge in [0.2, 0.25) is 0 Å². The Hall–Kier alpha value is -2.81. The van der Waals surface area contributed by atoms with Crippen molar-refractivity contribution < 1.29 is 30.0 Å². The zero-order chi connectivity index (χ0) is 24.1. The van der Waals surface area contributed by atoms with Crippen LogP contribution < -0.4 is 0 Å². The van der Waals surface area contributed by atoms with E-state index < -0.39 is 0 Å². The Morgan fingerprint density at radius 1 is 0.912 bits per heavy atom. The number of nitrogens with zero attached hydrogens (tertiary/aromatic N) is 1. The molecule has 1 radical (unpaired) electrons. The molecular weight excluding hydrogens is 599 g/mol. The van der Waals surface area contributed by atoms with Gasteiger partial charge in [-0.15, -0.1) is 34.9 Å². The molecule has 4 heteroatoms. The van der Waals surface area contributed by atoms with Gasteiger partial charge < -0.3 is 10.1 Å². The van der Waals surface area contributed by atoms with E-state index in [1.165, 1.54) is 52.6 Å². The second-order valence-corrected chi connectivity index (χ2v) is 9.03. The molecule has 1 aromatic heterocycles. The molecule has 0 spiro atoms.